The largest absolute Gasteiger partial charge is 0.481 e. The second-order valence-corrected chi connectivity index (χ2v) is 6.22. The zero-order valence-corrected chi connectivity index (χ0v) is 14.3. The van der Waals surface area contributed by atoms with Gasteiger partial charge in [0.2, 0.25) is 5.91 Å². The van der Waals surface area contributed by atoms with Gasteiger partial charge in [-0.05, 0) is 12.5 Å². The molecule has 2 aliphatic rings. The second-order valence-electron chi connectivity index (χ2n) is 6.22. The van der Waals surface area contributed by atoms with Crippen molar-refractivity contribution in [3.8, 4) is 0 Å². The maximum atomic E-state index is 12.7. The highest BCUT2D eigenvalue weighted by Crippen LogP contribution is 2.27. The predicted molar refractivity (Wildman–Crippen MR) is 89.7 cm³/mol. The average Bonchev–Trinajstić information content (AvgIpc) is 2.63. The molecule has 2 heterocycles. The van der Waals surface area contributed by atoms with Crippen LogP contribution in [0.1, 0.15) is 18.9 Å². The molecule has 8 nitrogen and oxygen atoms in total. The molecule has 0 radical (unpaired) electrons. The number of aliphatic carboxylic acids is 1. The fourth-order valence-corrected chi connectivity index (χ4v) is 3.05. The summed E-state index contributed by atoms with van der Waals surface area (Å²) in [7, 11) is 0. The van der Waals surface area contributed by atoms with Crippen molar-refractivity contribution < 1.29 is 29.0 Å². The number of carbonyl (C=O) groups is 3. The third kappa shape index (κ3) is 3.70. The van der Waals surface area contributed by atoms with Gasteiger partial charge in [-0.2, -0.15) is 0 Å². The van der Waals surface area contributed by atoms with Crippen LogP contribution in [0.2, 0.25) is 0 Å². The van der Waals surface area contributed by atoms with Crippen LogP contribution in [-0.4, -0.2) is 58.2 Å². The lowest BCUT2D eigenvalue weighted by Gasteiger charge is -2.43. The van der Waals surface area contributed by atoms with E-state index in [1.165, 1.54) is 16.0 Å². The normalized spacial score (nSPS) is 22.5. The lowest BCUT2D eigenvalue weighted by atomic mass is 10.1. The zero-order valence-electron chi connectivity index (χ0n) is 14.3. The number of fused-ring (bicyclic) bond motifs is 1. The van der Waals surface area contributed by atoms with Gasteiger partial charge in [0.05, 0.1) is 31.4 Å². The summed E-state index contributed by atoms with van der Waals surface area (Å²) in [6, 6.07) is 7.87. The molecule has 2 amide bonds. The number of ether oxygens (including phenoxy) is 2. The van der Waals surface area contributed by atoms with Crippen molar-refractivity contribution >= 4 is 18.0 Å². The molecule has 0 saturated carbocycles. The van der Waals surface area contributed by atoms with Crippen LogP contribution in [0.4, 0.5) is 4.79 Å². The van der Waals surface area contributed by atoms with Crippen molar-refractivity contribution in [1.82, 2.24) is 9.80 Å². The van der Waals surface area contributed by atoms with Crippen molar-refractivity contribution in [2.45, 2.75) is 32.0 Å². The first kappa shape index (κ1) is 17.9. The van der Waals surface area contributed by atoms with Crippen molar-refractivity contribution in [2.75, 3.05) is 13.2 Å². The first-order valence-corrected chi connectivity index (χ1v) is 8.29. The van der Waals surface area contributed by atoms with Crippen LogP contribution in [0.3, 0.4) is 0 Å². The Hall–Kier alpha value is -2.87. The van der Waals surface area contributed by atoms with Gasteiger partial charge in [-0.25, -0.2) is 4.79 Å². The molecule has 0 unspecified atom stereocenters. The molecule has 0 aliphatic carbocycles. The van der Waals surface area contributed by atoms with Crippen LogP contribution in [-0.2, 0) is 25.7 Å². The average molecular weight is 360 g/mol. The monoisotopic (exact) mass is 360 g/mol. The molecule has 0 aromatic heterocycles. The summed E-state index contributed by atoms with van der Waals surface area (Å²) in [4.78, 5) is 38.8. The highest BCUT2D eigenvalue weighted by atomic mass is 16.6. The van der Waals surface area contributed by atoms with E-state index in [0.717, 1.165) is 5.56 Å². The van der Waals surface area contributed by atoms with Gasteiger partial charge in [0, 0.05) is 6.20 Å². The number of hydrogen-bond donors (Lipinski definition) is 1. The van der Waals surface area contributed by atoms with Gasteiger partial charge in [-0.15, -0.1) is 0 Å². The highest BCUT2D eigenvalue weighted by molar-refractivity contribution is 5.89. The summed E-state index contributed by atoms with van der Waals surface area (Å²) < 4.78 is 10.7. The topological polar surface area (TPSA) is 96.4 Å². The van der Waals surface area contributed by atoms with Crippen LogP contribution in [0, 0.1) is 0 Å². The summed E-state index contributed by atoms with van der Waals surface area (Å²) in [5, 5.41) is 9.03. The van der Waals surface area contributed by atoms with Crippen molar-refractivity contribution in [2.24, 2.45) is 0 Å². The van der Waals surface area contributed by atoms with E-state index in [9.17, 15) is 14.4 Å². The summed E-state index contributed by atoms with van der Waals surface area (Å²) >= 11 is 0. The maximum absolute atomic E-state index is 12.7. The summed E-state index contributed by atoms with van der Waals surface area (Å²) in [6.45, 7) is 1.98. The molecule has 26 heavy (non-hydrogen) atoms. The fraction of sp³-hybridized carbons (Fsp3) is 0.389. The highest BCUT2D eigenvalue weighted by Gasteiger charge is 2.41. The van der Waals surface area contributed by atoms with E-state index in [1.54, 1.807) is 6.92 Å². The van der Waals surface area contributed by atoms with Crippen LogP contribution in [0.15, 0.2) is 42.2 Å². The Kier molecular flexibility index (Phi) is 5.22. The third-order valence-electron chi connectivity index (χ3n) is 4.36. The molecule has 8 heteroatoms. The molecule has 0 spiro atoms. The van der Waals surface area contributed by atoms with E-state index < -0.39 is 24.1 Å². The van der Waals surface area contributed by atoms with Gasteiger partial charge in [-0.1, -0.05) is 30.3 Å². The van der Waals surface area contributed by atoms with E-state index in [2.05, 4.69) is 0 Å². The van der Waals surface area contributed by atoms with Crippen molar-refractivity contribution in [3.63, 3.8) is 0 Å². The van der Waals surface area contributed by atoms with Crippen molar-refractivity contribution in [3.05, 3.63) is 47.8 Å². The molecule has 1 aromatic carbocycles. The van der Waals surface area contributed by atoms with Gasteiger partial charge in [0.1, 0.15) is 12.6 Å². The van der Waals surface area contributed by atoms with Crippen LogP contribution in [0.5, 0.6) is 0 Å². The molecule has 2 atom stereocenters. The predicted octanol–water partition coefficient (Wildman–Crippen LogP) is 1.57. The smallest absolute Gasteiger partial charge is 0.414 e. The number of carboxylic acids is 1. The number of carbonyl (C=O) groups excluding carboxylic acids is 2. The first-order valence-electron chi connectivity index (χ1n) is 8.29. The molecule has 0 bridgehead atoms. The summed E-state index contributed by atoms with van der Waals surface area (Å²) in [5.74, 6) is -1.35. The molecule has 2 aliphatic heterocycles. The van der Waals surface area contributed by atoms with Crippen molar-refractivity contribution in [1.29, 1.82) is 0 Å². The quantitative estimate of drug-likeness (QED) is 0.876. The molecule has 1 aromatic rings. The maximum Gasteiger partial charge on any atom is 0.414 e. The van der Waals surface area contributed by atoms with E-state index >= 15 is 0 Å². The first-order chi connectivity index (χ1) is 12.5. The number of hydrogen-bond acceptors (Lipinski definition) is 5. The fourth-order valence-electron chi connectivity index (χ4n) is 3.05. The number of nitrogens with zero attached hydrogens (tertiary/aromatic N) is 2. The van der Waals surface area contributed by atoms with Gasteiger partial charge in [0.15, 0.2) is 0 Å². The number of amides is 2. The summed E-state index contributed by atoms with van der Waals surface area (Å²) in [5.41, 5.74) is 1.30. The Balaban J connectivity index is 1.74. The van der Waals surface area contributed by atoms with Crippen LogP contribution < -0.4 is 0 Å². The molecule has 1 N–H and O–H groups in total. The van der Waals surface area contributed by atoms with Gasteiger partial charge in [0.25, 0.3) is 0 Å². The van der Waals surface area contributed by atoms with Crippen LogP contribution >= 0.6 is 0 Å². The Morgan fingerprint density at radius 2 is 2.04 bits per heavy atom. The molecule has 1 saturated heterocycles. The second kappa shape index (κ2) is 7.57. The minimum absolute atomic E-state index is 0.0993. The Labute approximate surface area is 150 Å². The molecule has 3 rings (SSSR count). The molecule has 1 fully saturated rings. The van der Waals surface area contributed by atoms with Gasteiger partial charge < -0.3 is 19.5 Å². The number of rotatable bonds is 4. The minimum Gasteiger partial charge on any atom is -0.481 e. The molecular formula is C18H20N2O6. The SMILES string of the molecule is C[C@H]1C(=O)N2C(=CN1C(=O)OCc1ccccc1)COC[C@@H]2CC(=O)O. The standard InChI is InChI=1S/C18H20N2O6/c1-12-17(23)20-14(7-16(21)22)10-25-11-15(20)8-19(12)18(24)26-9-13-5-3-2-4-6-13/h2-6,8,12,14H,7,9-11H2,1H3,(H,21,22)/t12-,14-/m0/s1. The van der Waals surface area contributed by atoms with E-state index in [-0.39, 0.29) is 32.1 Å². The van der Waals surface area contributed by atoms with Gasteiger partial charge >= 0.3 is 12.1 Å². The Morgan fingerprint density at radius 3 is 2.73 bits per heavy atom. The Morgan fingerprint density at radius 1 is 1.31 bits per heavy atom. The van der Waals surface area contributed by atoms with E-state index in [4.69, 9.17) is 14.6 Å². The number of carboxylic acid groups (broad SMARTS) is 1. The Bertz CT molecular complexity index is 732. The summed E-state index contributed by atoms with van der Waals surface area (Å²) in [6.07, 6.45) is 0.656. The zero-order chi connectivity index (χ0) is 18.7. The van der Waals surface area contributed by atoms with E-state index in [1.807, 2.05) is 30.3 Å². The van der Waals surface area contributed by atoms with Crippen LogP contribution in [0.25, 0.3) is 0 Å². The number of morpholine rings is 1. The third-order valence-corrected chi connectivity index (χ3v) is 4.36. The number of benzene rings is 1. The molecule has 138 valence electrons. The van der Waals surface area contributed by atoms with Gasteiger partial charge in [-0.3, -0.25) is 14.5 Å². The van der Waals surface area contributed by atoms with E-state index in [0.29, 0.717) is 5.70 Å². The lowest BCUT2D eigenvalue weighted by Crippen LogP contribution is -2.58. The molecular weight excluding hydrogens is 340 g/mol. The lowest BCUT2D eigenvalue weighted by molar-refractivity contribution is -0.146. The minimum atomic E-state index is -1.01.